The largest absolute Gasteiger partial charge is 0.462 e. The van der Waals surface area contributed by atoms with Crippen LogP contribution in [-0.2, 0) is 28.6 Å². The molecular weight excluding hydrogens is 709 g/mol. The van der Waals surface area contributed by atoms with Crippen molar-refractivity contribution in [2.24, 2.45) is 0 Å². The van der Waals surface area contributed by atoms with Crippen molar-refractivity contribution in [2.75, 3.05) is 13.2 Å². The maximum Gasteiger partial charge on any atom is 0.306 e. The average molecular weight is 795 g/mol. The molecule has 0 amide bonds. The summed E-state index contributed by atoms with van der Waals surface area (Å²) in [5.41, 5.74) is 0. The number of hydrogen-bond acceptors (Lipinski definition) is 6. The van der Waals surface area contributed by atoms with Crippen molar-refractivity contribution in [3.63, 3.8) is 0 Å². The molecule has 0 heterocycles. The molecule has 0 aromatic rings. The summed E-state index contributed by atoms with van der Waals surface area (Å²) in [5.74, 6) is -0.927. The van der Waals surface area contributed by atoms with Crippen molar-refractivity contribution >= 4 is 17.9 Å². The van der Waals surface area contributed by atoms with E-state index in [1.807, 2.05) is 0 Å². The van der Waals surface area contributed by atoms with Gasteiger partial charge in [-0.1, -0.05) is 196 Å². The molecule has 1 unspecified atom stereocenters. The van der Waals surface area contributed by atoms with Gasteiger partial charge < -0.3 is 14.2 Å². The van der Waals surface area contributed by atoms with E-state index < -0.39 is 6.10 Å². The van der Waals surface area contributed by atoms with Gasteiger partial charge in [-0.15, -0.1) is 0 Å². The van der Waals surface area contributed by atoms with Crippen LogP contribution in [0.4, 0.5) is 0 Å². The Labute approximate surface area is 351 Å². The first-order chi connectivity index (χ1) is 28.0. The van der Waals surface area contributed by atoms with E-state index in [0.29, 0.717) is 19.3 Å². The van der Waals surface area contributed by atoms with Crippen LogP contribution >= 0.6 is 0 Å². The Morgan fingerprint density at radius 2 is 0.772 bits per heavy atom. The van der Waals surface area contributed by atoms with Crippen molar-refractivity contribution in [1.82, 2.24) is 0 Å². The van der Waals surface area contributed by atoms with E-state index in [4.69, 9.17) is 14.2 Å². The minimum absolute atomic E-state index is 0.0876. The second-order valence-electron chi connectivity index (χ2n) is 15.3. The molecule has 0 radical (unpaired) electrons. The number of carbonyl (C=O) groups excluding carboxylic acids is 3. The minimum atomic E-state index is -0.788. The summed E-state index contributed by atoms with van der Waals surface area (Å²) >= 11 is 0. The second-order valence-corrected chi connectivity index (χ2v) is 15.3. The lowest BCUT2D eigenvalue weighted by Crippen LogP contribution is -2.30. The number of ether oxygens (including phenoxy) is 3. The van der Waals surface area contributed by atoms with Gasteiger partial charge in [0, 0.05) is 19.3 Å². The molecule has 6 nitrogen and oxygen atoms in total. The van der Waals surface area contributed by atoms with Crippen LogP contribution in [0.25, 0.3) is 0 Å². The average Bonchev–Trinajstić information content (AvgIpc) is 3.21. The summed E-state index contributed by atoms with van der Waals surface area (Å²) in [6.07, 6.45) is 56.0. The van der Waals surface area contributed by atoms with Gasteiger partial charge in [-0.2, -0.15) is 0 Å². The van der Waals surface area contributed by atoms with Crippen LogP contribution < -0.4 is 0 Å². The predicted molar refractivity (Wildman–Crippen MR) is 242 cm³/mol. The summed E-state index contributed by atoms with van der Waals surface area (Å²) < 4.78 is 16.7. The zero-order valence-corrected chi connectivity index (χ0v) is 37.1. The Morgan fingerprint density at radius 1 is 0.386 bits per heavy atom. The Balaban J connectivity index is 4.41. The first-order valence-corrected chi connectivity index (χ1v) is 23.5. The van der Waals surface area contributed by atoms with E-state index in [9.17, 15) is 14.4 Å². The molecule has 326 valence electrons. The summed E-state index contributed by atoms with van der Waals surface area (Å²) in [7, 11) is 0. The number of carbonyl (C=O) groups is 3. The molecule has 6 heteroatoms. The van der Waals surface area contributed by atoms with Crippen molar-refractivity contribution < 1.29 is 28.6 Å². The van der Waals surface area contributed by atoms with E-state index in [0.717, 1.165) is 109 Å². The lowest BCUT2D eigenvalue weighted by atomic mass is 10.1. The van der Waals surface area contributed by atoms with Gasteiger partial charge in [-0.25, -0.2) is 0 Å². The maximum atomic E-state index is 12.7. The Hall–Kier alpha value is -3.15. The van der Waals surface area contributed by atoms with Crippen molar-refractivity contribution in [3.05, 3.63) is 72.9 Å². The van der Waals surface area contributed by atoms with E-state index in [2.05, 4.69) is 93.7 Å². The summed E-state index contributed by atoms with van der Waals surface area (Å²) in [4.78, 5) is 37.8. The fourth-order valence-electron chi connectivity index (χ4n) is 6.28. The summed E-state index contributed by atoms with van der Waals surface area (Å²) in [6.45, 7) is 6.34. The molecule has 0 aromatic heterocycles. The van der Waals surface area contributed by atoms with Crippen molar-refractivity contribution in [3.8, 4) is 0 Å². The highest BCUT2D eigenvalue weighted by Gasteiger charge is 2.19. The lowest BCUT2D eigenvalue weighted by Gasteiger charge is -2.18. The quantitative estimate of drug-likeness (QED) is 0.0202. The SMILES string of the molecule is CC\C=C/C=C\C=C/CCCCCCCC(=O)OC(COC(=O)CCCCCCCC/C=C\C/C=C\C/C=C\CC)COC(=O)CCCCCCCCCCCC. The molecule has 0 aromatic carbocycles. The smallest absolute Gasteiger partial charge is 0.306 e. The van der Waals surface area contributed by atoms with E-state index >= 15 is 0 Å². The molecular formula is C51H86O6. The number of allylic oxidation sites excluding steroid dienone is 12. The summed E-state index contributed by atoms with van der Waals surface area (Å²) in [5, 5.41) is 0. The fraction of sp³-hybridized carbons (Fsp3) is 0.706. The normalized spacial score (nSPS) is 12.7. The van der Waals surface area contributed by atoms with Gasteiger partial charge in [0.25, 0.3) is 0 Å². The maximum absolute atomic E-state index is 12.7. The standard InChI is InChI=1S/C51H86O6/c1-4-7-10-13-16-19-22-24-25-26-28-29-32-35-38-41-44-50(53)56-47-48(46-55-49(52)43-40-37-34-31-21-18-15-12-9-6-3)57-51(54)45-42-39-36-33-30-27-23-20-17-14-11-8-5-2/h7-8,10-11,14,16-17,19-20,23-25,48H,4-6,9,12-13,15,18,21-22,26-47H2,1-3H3/b10-7-,11-8-,17-14-,19-16-,23-20-,25-24-. The highest BCUT2D eigenvalue weighted by molar-refractivity contribution is 5.71. The van der Waals surface area contributed by atoms with Gasteiger partial charge in [-0.3, -0.25) is 14.4 Å². The molecule has 0 bridgehead atoms. The van der Waals surface area contributed by atoms with Crippen LogP contribution in [-0.4, -0.2) is 37.2 Å². The number of hydrogen-bond donors (Lipinski definition) is 0. The third-order valence-electron chi connectivity index (χ3n) is 9.77. The zero-order chi connectivity index (χ0) is 41.5. The molecule has 0 rings (SSSR count). The minimum Gasteiger partial charge on any atom is -0.462 e. The lowest BCUT2D eigenvalue weighted by molar-refractivity contribution is -0.167. The van der Waals surface area contributed by atoms with Crippen LogP contribution in [0.3, 0.4) is 0 Å². The molecule has 0 aliphatic rings. The van der Waals surface area contributed by atoms with Gasteiger partial charge in [0.05, 0.1) is 0 Å². The first-order valence-electron chi connectivity index (χ1n) is 23.5. The molecule has 1 atom stereocenters. The van der Waals surface area contributed by atoms with E-state index in [-0.39, 0.29) is 31.1 Å². The molecule has 57 heavy (non-hydrogen) atoms. The van der Waals surface area contributed by atoms with Gasteiger partial charge in [-0.05, 0) is 70.6 Å². The molecule has 0 saturated heterocycles. The third kappa shape index (κ3) is 43.8. The van der Waals surface area contributed by atoms with Crippen LogP contribution in [0, 0.1) is 0 Å². The van der Waals surface area contributed by atoms with Gasteiger partial charge in [0.1, 0.15) is 13.2 Å². The van der Waals surface area contributed by atoms with Gasteiger partial charge >= 0.3 is 17.9 Å². The first kappa shape index (κ1) is 53.9. The number of unbranched alkanes of at least 4 members (excludes halogenated alkanes) is 20. The third-order valence-corrected chi connectivity index (χ3v) is 9.77. The zero-order valence-electron chi connectivity index (χ0n) is 37.1. The molecule has 0 aliphatic carbocycles. The molecule has 0 N–H and O–H groups in total. The monoisotopic (exact) mass is 795 g/mol. The van der Waals surface area contributed by atoms with Crippen LogP contribution in [0.5, 0.6) is 0 Å². The highest BCUT2D eigenvalue weighted by atomic mass is 16.6. The Morgan fingerprint density at radius 3 is 1.26 bits per heavy atom. The van der Waals surface area contributed by atoms with Crippen molar-refractivity contribution in [1.29, 1.82) is 0 Å². The predicted octanol–water partition coefficient (Wildman–Crippen LogP) is 15.1. The van der Waals surface area contributed by atoms with Gasteiger partial charge in [0.15, 0.2) is 6.10 Å². The molecule has 0 aliphatic heterocycles. The van der Waals surface area contributed by atoms with Crippen molar-refractivity contribution in [2.45, 2.75) is 219 Å². The molecule has 0 spiro atoms. The summed E-state index contributed by atoms with van der Waals surface area (Å²) in [6, 6.07) is 0. The topological polar surface area (TPSA) is 78.9 Å². The fourth-order valence-corrected chi connectivity index (χ4v) is 6.28. The Bertz CT molecular complexity index is 1100. The van der Waals surface area contributed by atoms with Gasteiger partial charge in [0.2, 0.25) is 0 Å². The number of esters is 3. The number of rotatable bonds is 41. The molecule has 0 saturated carbocycles. The highest BCUT2D eigenvalue weighted by Crippen LogP contribution is 2.14. The van der Waals surface area contributed by atoms with E-state index in [1.54, 1.807) is 0 Å². The van der Waals surface area contributed by atoms with Crippen LogP contribution in [0.1, 0.15) is 213 Å². The van der Waals surface area contributed by atoms with Crippen LogP contribution in [0.15, 0.2) is 72.9 Å². The van der Waals surface area contributed by atoms with Crippen LogP contribution in [0.2, 0.25) is 0 Å². The second kappa shape index (κ2) is 45.6. The molecule has 0 fully saturated rings. The Kier molecular flexibility index (Phi) is 43.0. The van der Waals surface area contributed by atoms with E-state index in [1.165, 1.54) is 64.2 Å².